The largest absolute Gasteiger partial charge is 0.457 e. The number of ether oxygens (including phenoxy) is 6. The van der Waals surface area contributed by atoms with E-state index in [4.69, 9.17) is 28.4 Å². The first kappa shape index (κ1) is 90.1. The van der Waals surface area contributed by atoms with E-state index in [9.17, 15) is 0 Å². The number of carbonyl (C=O) groups excluding carboxylic acids is 6. The highest BCUT2D eigenvalue weighted by Crippen LogP contribution is 2.59. The van der Waals surface area contributed by atoms with Crippen LogP contribution in [0.3, 0.4) is 0 Å². The maximum absolute atomic E-state index is 17.6. The molecule has 9 aromatic carbocycles. The number of rotatable bonds is 30. The van der Waals surface area contributed by atoms with Crippen molar-refractivity contribution in [2.45, 2.75) is 288 Å². The van der Waals surface area contributed by atoms with Gasteiger partial charge in [-0.3, -0.25) is 48.5 Å². The van der Waals surface area contributed by atoms with Gasteiger partial charge in [0.05, 0.1) is 47.7 Å². The normalized spacial score (nSPS) is 20.7. The summed E-state index contributed by atoms with van der Waals surface area (Å²) in [6, 6.07) is 43.0. The second-order valence-electron chi connectivity index (χ2n) is 43.3. The van der Waals surface area contributed by atoms with Crippen molar-refractivity contribution >= 4 is 78.5 Å². The summed E-state index contributed by atoms with van der Waals surface area (Å²) in [5, 5.41) is 6.40. The van der Waals surface area contributed by atoms with Crippen molar-refractivity contribution in [2.75, 3.05) is 32.8 Å². The van der Waals surface area contributed by atoms with Crippen LogP contribution in [0.15, 0.2) is 170 Å². The Kier molecular flexibility index (Phi) is 25.0. The predicted molar refractivity (Wildman–Crippen MR) is 518 cm³/mol. The zero-order valence-electron chi connectivity index (χ0n) is 79.1. The number of pyridine rings is 2. The average Bonchev–Trinajstić information content (AvgIpc) is 1.19. The molecule has 2 aromatic heterocycles. The third-order valence-corrected chi connectivity index (χ3v) is 30.0. The monoisotopic (exact) mass is 1780 g/mol. The van der Waals surface area contributed by atoms with Crippen LogP contribution < -0.4 is 24.3 Å². The average molecular weight is 1780 g/mol. The molecule has 19 nitrogen and oxygen atoms in total. The van der Waals surface area contributed by atoms with Crippen molar-refractivity contribution in [3.05, 3.63) is 226 Å². The second kappa shape index (κ2) is 36.7. The van der Waals surface area contributed by atoms with E-state index in [1.54, 1.807) is 49.1 Å². The van der Waals surface area contributed by atoms with Crippen LogP contribution in [0.25, 0.3) is 43.1 Å². The number of nitrogens with zero attached hydrogens (tertiary/aromatic N) is 6. The predicted octanol–water partition coefficient (Wildman–Crippen LogP) is 24.2. The van der Waals surface area contributed by atoms with Gasteiger partial charge in [0.2, 0.25) is 11.8 Å². The fourth-order valence-corrected chi connectivity index (χ4v) is 22.2. The molecule has 19 heteroatoms. The molecule has 8 atom stereocenters. The van der Waals surface area contributed by atoms with Crippen molar-refractivity contribution in [1.82, 2.24) is 34.9 Å². The van der Waals surface area contributed by atoms with Crippen molar-refractivity contribution in [3.63, 3.8) is 0 Å². The van der Waals surface area contributed by atoms with Gasteiger partial charge in [0.25, 0.3) is 23.6 Å². The molecule has 4 saturated carbocycles. The summed E-state index contributed by atoms with van der Waals surface area (Å²) >= 11 is 0. The lowest BCUT2D eigenvalue weighted by atomic mass is 9.80. The Morgan fingerprint density at radius 2 is 0.697 bits per heavy atom. The first-order chi connectivity index (χ1) is 63.4. The quantitative estimate of drug-likeness (QED) is 0.0192. The summed E-state index contributed by atoms with van der Waals surface area (Å²) in [4.78, 5) is 120. The Balaban J connectivity index is 0.891. The van der Waals surface area contributed by atoms with Gasteiger partial charge in [0.15, 0.2) is 0 Å². The standard InChI is InChI=1S/C113H129N7O12/c1-110(2,3)73-28-37-80(38-29-73)129-92-61-86-96-87(105(122)119(104(86)121)90(58-71-45-51-114-52-46-71)108(125)117(55-49-68-19-13-14-20-68)78-25-17-23-70(57-78)27-36-84-66-127-84)62-93(130-81-39-30-74(31-40-81)111(4,5)6)99-101-95(132-83-43-34-76(35-44-83)113(10,11)12)64-89-97-88(63-94(100(103(97)101)98(92)102(96)99)131-82-41-32-75(33-42-82)112(7,8)9)106(123)120(107(89)124)91(59-72-47-53-115-54-48-72)109(126)118(56-50-69-21-15-16-22-69)79-26-18-24-77(60-79)116-65-85-67-128-85/h28-35,37-48,51-54,61-64,68-70,77-79,84-85,90-91,116H,13-27,36,49-50,55-60,65-67H2,1-12H3. The third-order valence-electron chi connectivity index (χ3n) is 30.0. The molecule has 8 aliphatic rings. The van der Waals surface area contributed by atoms with Crippen LogP contribution in [0.2, 0.25) is 0 Å². The minimum absolute atomic E-state index is 0.00784. The maximum atomic E-state index is 17.6. The summed E-state index contributed by atoms with van der Waals surface area (Å²) < 4.78 is 42.1. The molecule has 6 amide bonds. The lowest BCUT2D eigenvalue weighted by Gasteiger charge is -2.42. The van der Waals surface area contributed by atoms with E-state index in [-0.39, 0.29) is 133 Å². The number of nitrogens with one attached hydrogen (secondary N) is 1. The molecule has 0 spiro atoms. The van der Waals surface area contributed by atoms with E-state index in [1.807, 2.05) is 126 Å². The summed E-state index contributed by atoms with van der Waals surface area (Å²) in [5.74, 6) is 0.0106. The molecular formula is C113H129N7O12. The molecule has 688 valence electrons. The molecule has 0 bridgehead atoms. The van der Waals surface area contributed by atoms with Crippen LogP contribution in [0.1, 0.15) is 286 Å². The topological polar surface area (TPSA) is 215 Å². The van der Waals surface area contributed by atoms with E-state index < -0.39 is 35.7 Å². The van der Waals surface area contributed by atoms with Crippen LogP contribution in [0, 0.1) is 17.8 Å². The number of carbonyl (C=O) groups is 6. The van der Waals surface area contributed by atoms with Gasteiger partial charge in [-0.2, -0.15) is 0 Å². The highest BCUT2D eigenvalue weighted by Gasteiger charge is 2.50. The number of fused-ring (bicyclic) bond motifs is 2. The Bertz CT molecular complexity index is 5510. The summed E-state index contributed by atoms with van der Waals surface area (Å²) in [5.41, 5.74) is 4.84. The fraction of sp³-hybridized carbons (Fsp3) is 0.469. The number of hydrogen-bond acceptors (Lipinski definition) is 15. The number of epoxide rings is 2. The lowest BCUT2D eigenvalue weighted by Crippen LogP contribution is -2.58. The molecule has 8 unspecified atom stereocenters. The molecular weight excluding hydrogens is 1650 g/mol. The van der Waals surface area contributed by atoms with Crippen molar-refractivity contribution in [1.29, 1.82) is 0 Å². The first-order valence-corrected chi connectivity index (χ1v) is 49.0. The number of benzene rings is 9. The molecule has 1 N–H and O–H groups in total. The lowest BCUT2D eigenvalue weighted by molar-refractivity contribution is -0.139. The van der Waals surface area contributed by atoms with Crippen LogP contribution in [-0.4, -0.2) is 140 Å². The second-order valence-corrected chi connectivity index (χ2v) is 43.3. The number of aromatic nitrogens is 2. The van der Waals surface area contributed by atoms with Gasteiger partial charge in [-0.25, -0.2) is 0 Å². The molecule has 4 aliphatic carbocycles. The molecule has 0 radical (unpaired) electrons. The first-order valence-electron chi connectivity index (χ1n) is 49.0. The molecule has 132 heavy (non-hydrogen) atoms. The zero-order valence-corrected chi connectivity index (χ0v) is 79.1. The Hall–Kier alpha value is -11.1. The van der Waals surface area contributed by atoms with Gasteiger partial charge < -0.3 is 43.5 Å². The van der Waals surface area contributed by atoms with E-state index >= 15 is 28.8 Å². The van der Waals surface area contributed by atoms with Crippen LogP contribution in [0.4, 0.5) is 0 Å². The third kappa shape index (κ3) is 18.7. The van der Waals surface area contributed by atoms with Crippen LogP contribution in [0.5, 0.6) is 46.0 Å². The van der Waals surface area contributed by atoms with Crippen LogP contribution in [-0.2, 0) is 53.6 Å². The minimum atomic E-state index is -1.37. The van der Waals surface area contributed by atoms with Crippen LogP contribution >= 0.6 is 0 Å². The molecule has 19 rings (SSSR count). The SMILES string of the molecule is CC(C)(C)c1ccc(Oc2cc3c4c(cc(Oc5ccc(C(C)(C)C)cc5)c5c6c(Oc7ccc(C(C)(C)C)cc7)cc7c8c(cc(Oc9ccc(C(C)(C)C)cc9)c(c2c45)c86)C(=O)N(C(Cc2ccncc2)C(=O)N(CCC2CCCC2)C2CCCC(NCC4CO4)C2)C7=O)C(=O)N(C(Cc2ccncc2)C(=O)N(CCC2CCCC2)C2CCCC(CCC4CO4)C2)C3=O)cc1. The van der Waals surface area contributed by atoms with E-state index in [0.29, 0.717) is 98.1 Å². The van der Waals surface area contributed by atoms with E-state index in [2.05, 4.69) is 103 Å². The van der Waals surface area contributed by atoms with Crippen molar-refractivity contribution < 1.29 is 57.2 Å². The zero-order chi connectivity index (χ0) is 91.8. The highest BCUT2D eigenvalue weighted by molar-refractivity contribution is 6.45. The number of imide groups is 2. The van der Waals surface area contributed by atoms with Crippen molar-refractivity contribution in [2.24, 2.45) is 17.8 Å². The van der Waals surface area contributed by atoms with E-state index in [1.165, 1.54) is 9.80 Å². The van der Waals surface area contributed by atoms with Crippen molar-refractivity contribution in [3.8, 4) is 46.0 Å². The van der Waals surface area contributed by atoms with Gasteiger partial charge in [-0.15, -0.1) is 0 Å². The fourth-order valence-electron chi connectivity index (χ4n) is 22.2. The smallest absolute Gasteiger partial charge is 0.262 e. The van der Waals surface area contributed by atoms with Gasteiger partial charge in [0.1, 0.15) is 58.1 Å². The van der Waals surface area contributed by atoms with Gasteiger partial charge in [0, 0.05) is 118 Å². The number of hydrogen-bond donors (Lipinski definition) is 1. The maximum Gasteiger partial charge on any atom is 0.262 e. The van der Waals surface area contributed by atoms with Gasteiger partial charge in [-0.05, 0) is 234 Å². The molecule has 4 aliphatic heterocycles. The van der Waals surface area contributed by atoms with Gasteiger partial charge >= 0.3 is 0 Å². The highest BCUT2D eigenvalue weighted by atomic mass is 16.6. The molecule has 11 aromatic rings. The minimum Gasteiger partial charge on any atom is -0.457 e. The number of amides is 6. The Labute approximate surface area is 777 Å². The molecule has 6 heterocycles. The Morgan fingerprint density at radius 3 is 1.02 bits per heavy atom. The summed E-state index contributed by atoms with van der Waals surface area (Å²) in [6.07, 6.45) is 26.4. The molecule has 2 saturated heterocycles. The molecule has 6 fully saturated rings. The van der Waals surface area contributed by atoms with Gasteiger partial charge in [-0.1, -0.05) is 196 Å². The Morgan fingerprint density at radius 1 is 0.379 bits per heavy atom. The van der Waals surface area contributed by atoms with E-state index in [0.717, 1.165) is 170 Å². The summed E-state index contributed by atoms with van der Waals surface area (Å²) in [7, 11) is 0. The summed E-state index contributed by atoms with van der Waals surface area (Å²) in [6.45, 7) is 29.0.